The maximum absolute atomic E-state index is 12.2. The van der Waals surface area contributed by atoms with Gasteiger partial charge in [0.25, 0.3) is 0 Å². The Labute approximate surface area is 158 Å². The number of amides is 1. The van der Waals surface area contributed by atoms with Crippen molar-refractivity contribution in [3.63, 3.8) is 0 Å². The summed E-state index contributed by atoms with van der Waals surface area (Å²) in [5.74, 6) is 1.31. The summed E-state index contributed by atoms with van der Waals surface area (Å²) < 4.78 is 10.9. The number of halogens is 1. The van der Waals surface area contributed by atoms with E-state index in [1.165, 1.54) is 0 Å². The van der Waals surface area contributed by atoms with Crippen molar-refractivity contribution in [2.75, 3.05) is 13.1 Å². The van der Waals surface area contributed by atoms with Crippen molar-refractivity contribution < 1.29 is 14.1 Å². The third-order valence-corrected chi connectivity index (χ3v) is 4.86. The molecule has 2 aromatic rings. The third kappa shape index (κ3) is 4.18. The van der Waals surface area contributed by atoms with E-state index in [-0.39, 0.29) is 12.0 Å². The van der Waals surface area contributed by atoms with E-state index in [0.29, 0.717) is 29.8 Å². The minimum atomic E-state index is -0.482. The molecule has 2 heterocycles. The number of likely N-dealkylation sites (tertiary alicyclic amines) is 1. The maximum Gasteiger partial charge on any atom is 0.410 e. The second kappa shape index (κ2) is 7.27. The number of benzene rings is 1. The van der Waals surface area contributed by atoms with Gasteiger partial charge in [-0.2, -0.15) is 4.98 Å². The van der Waals surface area contributed by atoms with Gasteiger partial charge in [-0.1, -0.05) is 28.9 Å². The lowest BCUT2D eigenvalue weighted by Crippen LogP contribution is -2.41. The summed E-state index contributed by atoms with van der Waals surface area (Å²) in [6.45, 7) is 8.79. The molecule has 0 unspecified atom stereocenters. The van der Waals surface area contributed by atoms with Crippen molar-refractivity contribution in [3.05, 3.63) is 34.7 Å². The van der Waals surface area contributed by atoms with E-state index < -0.39 is 5.60 Å². The molecule has 1 amide bonds. The summed E-state index contributed by atoms with van der Waals surface area (Å²) in [6.07, 6.45) is 1.28. The van der Waals surface area contributed by atoms with Gasteiger partial charge < -0.3 is 14.2 Å². The monoisotopic (exact) mass is 377 g/mol. The first-order chi connectivity index (χ1) is 12.2. The van der Waals surface area contributed by atoms with Crippen LogP contribution in [0.15, 0.2) is 22.7 Å². The summed E-state index contributed by atoms with van der Waals surface area (Å²) in [5, 5.41) is 4.80. The Hall–Kier alpha value is -2.08. The molecule has 0 saturated carbocycles. The molecular formula is C19H24ClN3O3. The third-order valence-electron chi connectivity index (χ3n) is 4.45. The Morgan fingerprint density at radius 1 is 1.31 bits per heavy atom. The Bertz CT molecular complexity index is 790. The van der Waals surface area contributed by atoms with Crippen LogP contribution in [0.2, 0.25) is 5.02 Å². The van der Waals surface area contributed by atoms with Gasteiger partial charge in [-0.3, -0.25) is 0 Å². The zero-order valence-electron chi connectivity index (χ0n) is 15.6. The molecule has 3 rings (SSSR count). The van der Waals surface area contributed by atoms with Gasteiger partial charge in [0.05, 0.1) is 0 Å². The number of nitrogens with zero attached hydrogens (tertiary/aromatic N) is 3. The van der Waals surface area contributed by atoms with Gasteiger partial charge in [-0.25, -0.2) is 4.79 Å². The Morgan fingerprint density at radius 2 is 2.00 bits per heavy atom. The Kier molecular flexibility index (Phi) is 5.23. The molecule has 0 atom stereocenters. The topological polar surface area (TPSA) is 68.5 Å². The average Bonchev–Trinajstić information content (AvgIpc) is 3.06. The van der Waals surface area contributed by atoms with Crippen LogP contribution in [-0.2, 0) is 4.74 Å². The summed E-state index contributed by atoms with van der Waals surface area (Å²) >= 11 is 6.18. The van der Waals surface area contributed by atoms with Gasteiger partial charge in [-0.15, -0.1) is 0 Å². The fourth-order valence-electron chi connectivity index (χ4n) is 3.00. The minimum absolute atomic E-state index is 0.148. The molecule has 1 aliphatic heterocycles. The number of piperidine rings is 1. The van der Waals surface area contributed by atoms with E-state index in [4.69, 9.17) is 20.9 Å². The van der Waals surface area contributed by atoms with E-state index in [9.17, 15) is 4.79 Å². The normalized spacial score (nSPS) is 16.0. The molecule has 0 bridgehead atoms. The van der Waals surface area contributed by atoms with Crippen LogP contribution in [-0.4, -0.2) is 39.8 Å². The van der Waals surface area contributed by atoms with Crippen molar-refractivity contribution in [1.82, 2.24) is 15.0 Å². The van der Waals surface area contributed by atoms with Crippen molar-refractivity contribution in [1.29, 1.82) is 0 Å². The number of hydrogen-bond donors (Lipinski definition) is 0. The van der Waals surface area contributed by atoms with Crippen LogP contribution >= 0.6 is 11.6 Å². The molecule has 1 aliphatic rings. The van der Waals surface area contributed by atoms with Gasteiger partial charge in [0.15, 0.2) is 0 Å². The van der Waals surface area contributed by atoms with Crippen LogP contribution in [0.1, 0.15) is 51.0 Å². The van der Waals surface area contributed by atoms with Crippen molar-refractivity contribution in [2.45, 2.75) is 52.1 Å². The molecule has 6 nitrogen and oxygen atoms in total. The molecule has 0 aliphatic carbocycles. The quantitative estimate of drug-likeness (QED) is 0.750. The summed E-state index contributed by atoms with van der Waals surface area (Å²) in [5.41, 5.74) is 1.32. The number of ether oxygens (including phenoxy) is 1. The Morgan fingerprint density at radius 3 is 2.65 bits per heavy atom. The summed E-state index contributed by atoms with van der Waals surface area (Å²) in [6, 6.07) is 5.65. The molecule has 7 heteroatoms. The molecule has 1 fully saturated rings. The predicted molar refractivity (Wildman–Crippen MR) is 99.3 cm³/mol. The van der Waals surface area contributed by atoms with Crippen molar-refractivity contribution in [2.24, 2.45) is 0 Å². The number of rotatable bonds is 2. The van der Waals surface area contributed by atoms with Gasteiger partial charge in [0.2, 0.25) is 11.7 Å². The van der Waals surface area contributed by atoms with Crippen LogP contribution in [0.5, 0.6) is 0 Å². The van der Waals surface area contributed by atoms with Gasteiger partial charge in [0.1, 0.15) is 5.60 Å². The van der Waals surface area contributed by atoms with Crippen LogP contribution in [0.4, 0.5) is 4.79 Å². The van der Waals surface area contributed by atoms with Crippen LogP contribution < -0.4 is 0 Å². The van der Waals surface area contributed by atoms with Gasteiger partial charge >= 0.3 is 6.09 Å². The highest BCUT2D eigenvalue weighted by Crippen LogP contribution is 2.31. The predicted octanol–water partition coefficient (Wildman–Crippen LogP) is 4.81. The zero-order chi connectivity index (χ0) is 18.9. The second-order valence-corrected chi connectivity index (χ2v) is 8.02. The van der Waals surface area contributed by atoms with Crippen LogP contribution in [0, 0.1) is 6.92 Å². The van der Waals surface area contributed by atoms with E-state index in [2.05, 4.69) is 10.1 Å². The standard InChI is InChI=1S/C19H24ClN3O3/c1-12-14(6-5-7-15(12)20)16-21-17(26-22-16)13-8-10-23(11-9-13)18(24)25-19(2,3)4/h5-7,13H,8-11H2,1-4H3. The lowest BCUT2D eigenvalue weighted by molar-refractivity contribution is 0.0198. The van der Waals surface area contributed by atoms with E-state index in [0.717, 1.165) is 24.0 Å². The molecule has 0 radical (unpaired) electrons. The van der Waals surface area contributed by atoms with Crippen molar-refractivity contribution in [3.8, 4) is 11.4 Å². The molecule has 140 valence electrons. The molecule has 1 saturated heterocycles. The first kappa shape index (κ1) is 18.7. The molecule has 1 aromatic heterocycles. The van der Waals surface area contributed by atoms with Crippen LogP contribution in [0.25, 0.3) is 11.4 Å². The number of hydrogen-bond acceptors (Lipinski definition) is 5. The number of aromatic nitrogens is 2. The lowest BCUT2D eigenvalue weighted by atomic mass is 9.97. The molecule has 26 heavy (non-hydrogen) atoms. The van der Waals surface area contributed by atoms with Gasteiger partial charge in [-0.05, 0) is 52.2 Å². The van der Waals surface area contributed by atoms with E-state index in [1.807, 2.05) is 45.9 Å². The second-order valence-electron chi connectivity index (χ2n) is 7.61. The Balaban J connectivity index is 1.65. The first-order valence-electron chi connectivity index (χ1n) is 8.81. The minimum Gasteiger partial charge on any atom is -0.444 e. The molecule has 1 aromatic carbocycles. The van der Waals surface area contributed by atoms with E-state index >= 15 is 0 Å². The number of carbonyl (C=O) groups is 1. The highest BCUT2D eigenvalue weighted by Gasteiger charge is 2.30. The fraction of sp³-hybridized carbons (Fsp3) is 0.526. The highest BCUT2D eigenvalue weighted by molar-refractivity contribution is 6.31. The van der Waals surface area contributed by atoms with E-state index in [1.54, 1.807) is 4.90 Å². The lowest BCUT2D eigenvalue weighted by Gasteiger charge is -2.32. The SMILES string of the molecule is Cc1c(Cl)cccc1-c1noc(C2CCN(C(=O)OC(C)(C)C)CC2)n1. The van der Waals surface area contributed by atoms with Crippen LogP contribution in [0.3, 0.4) is 0 Å². The maximum atomic E-state index is 12.2. The number of carbonyl (C=O) groups excluding carboxylic acids is 1. The smallest absolute Gasteiger partial charge is 0.410 e. The summed E-state index contributed by atoms with van der Waals surface area (Å²) in [7, 11) is 0. The first-order valence-corrected chi connectivity index (χ1v) is 9.19. The highest BCUT2D eigenvalue weighted by atomic mass is 35.5. The molecule has 0 spiro atoms. The fourth-order valence-corrected chi connectivity index (χ4v) is 3.17. The van der Waals surface area contributed by atoms with Crippen molar-refractivity contribution >= 4 is 17.7 Å². The summed E-state index contributed by atoms with van der Waals surface area (Å²) in [4.78, 5) is 18.5. The van der Waals surface area contributed by atoms with Gasteiger partial charge in [0, 0.05) is 29.6 Å². The molecule has 0 N–H and O–H groups in total. The average molecular weight is 378 g/mol. The largest absolute Gasteiger partial charge is 0.444 e. The molecular weight excluding hydrogens is 354 g/mol. The zero-order valence-corrected chi connectivity index (χ0v) is 16.3.